The van der Waals surface area contributed by atoms with Gasteiger partial charge in [-0.1, -0.05) is 0 Å². The van der Waals surface area contributed by atoms with Crippen LogP contribution >= 0.6 is 0 Å². The van der Waals surface area contributed by atoms with Crippen LogP contribution in [0, 0.1) is 0 Å². The minimum absolute atomic E-state index is 0.606. The number of aromatic nitrogens is 2. The zero-order valence-corrected chi connectivity index (χ0v) is 10.5. The maximum atomic E-state index is 11.0. The number of nitrogens with one attached hydrogen (secondary N) is 1. The molecular weight excluding hydrogens is 222 g/mol. The van der Waals surface area contributed by atoms with Crippen LogP contribution in [-0.4, -0.2) is 38.9 Å². The molecular formula is C11H19N3OS. The Morgan fingerprint density at radius 2 is 2.56 bits per heavy atom. The third-order valence-corrected chi connectivity index (χ3v) is 3.92. The van der Waals surface area contributed by atoms with Gasteiger partial charge in [-0.2, -0.15) is 0 Å². The second-order valence-electron chi connectivity index (χ2n) is 4.33. The standard InChI is InChI=1S/C11H19N3OS/c1-16(15)6-2-5-14-9-13-8-11(14)10-3-4-12-7-10/h8-10,12H,2-7H2,1H3. The van der Waals surface area contributed by atoms with E-state index in [0.29, 0.717) is 5.92 Å². The summed E-state index contributed by atoms with van der Waals surface area (Å²) in [6, 6.07) is 0. The van der Waals surface area contributed by atoms with Crippen molar-refractivity contribution < 1.29 is 4.21 Å². The zero-order chi connectivity index (χ0) is 11.4. The Hall–Kier alpha value is -0.680. The van der Waals surface area contributed by atoms with E-state index in [1.54, 1.807) is 6.26 Å². The van der Waals surface area contributed by atoms with Gasteiger partial charge in [0.25, 0.3) is 0 Å². The first-order valence-corrected chi connectivity index (χ1v) is 7.51. The quantitative estimate of drug-likeness (QED) is 0.826. The zero-order valence-electron chi connectivity index (χ0n) is 9.69. The van der Waals surface area contributed by atoms with E-state index < -0.39 is 10.8 Å². The Bertz CT molecular complexity index is 358. The maximum absolute atomic E-state index is 11.0. The van der Waals surface area contributed by atoms with Gasteiger partial charge in [0, 0.05) is 53.7 Å². The Labute approximate surface area is 98.9 Å². The average Bonchev–Trinajstić information content (AvgIpc) is 2.84. The summed E-state index contributed by atoms with van der Waals surface area (Å²) in [5.41, 5.74) is 1.33. The minimum atomic E-state index is -0.682. The molecule has 2 rings (SSSR count). The highest BCUT2D eigenvalue weighted by molar-refractivity contribution is 7.84. The smallest absolute Gasteiger partial charge is 0.0948 e. The van der Waals surface area contributed by atoms with Crippen LogP contribution in [0.5, 0.6) is 0 Å². The third kappa shape index (κ3) is 2.92. The van der Waals surface area contributed by atoms with Crippen LogP contribution in [0.1, 0.15) is 24.5 Å². The molecule has 0 radical (unpaired) electrons. The molecule has 1 aromatic heterocycles. The summed E-state index contributed by atoms with van der Waals surface area (Å²) in [7, 11) is -0.682. The van der Waals surface area contributed by atoms with Gasteiger partial charge in [-0.25, -0.2) is 4.98 Å². The molecule has 2 heterocycles. The number of hydrogen-bond acceptors (Lipinski definition) is 3. The Kier molecular flexibility index (Phi) is 4.12. The van der Waals surface area contributed by atoms with E-state index in [1.807, 2.05) is 12.5 Å². The van der Waals surface area contributed by atoms with Gasteiger partial charge in [0.1, 0.15) is 0 Å². The lowest BCUT2D eigenvalue weighted by Crippen LogP contribution is -2.12. The SMILES string of the molecule is CS(=O)CCCn1cncc1C1CCNC1. The van der Waals surface area contributed by atoms with E-state index in [2.05, 4.69) is 14.9 Å². The molecule has 4 nitrogen and oxygen atoms in total. The number of rotatable bonds is 5. The van der Waals surface area contributed by atoms with Crippen molar-refractivity contribution in [1.29, 1.82) is 0 Å². The van der Waals surface area contributed by atoms with Crippen LogP contribution in [-0.2, 0) is 17.3 Å². The van der Waals surface area contributed by atoms with E-state index in [9.17, 15) is 4.21 Å². The van der Waals surface area contributed by atoms with Gasteiger partial charge in [-0.15, -0.1) is 0 Å². The fourth-order valence-corrected chi connectivity index (χ4v) is 2.74. The maximum Gasteiger partial charge on any atom is 0.0948 e. The van der Waals surface area contributed by atoms with E-state index in [-0.39, 0.29) is 0 Å². The minimum Gasteiger partial charge on any atom is -0.334 e. The van der Waals surface area contributed by atoms with Gasteiger partial charge in [-0.3, -0.25) is 4.21 Å². The normalized spacial score (nSPS) is 22.4. The molecule has 1 aliphatic rings. The molecule has 0 aromatic carbocycles. The molecule has 5 heteroatoms. The number of aryl methyl sites for hydroxylation is 1. The molecule has 1 N–H and O–H groups in total. The molecule has 0 bridgehead atoms. The topological polar surface area (TPSA) is 46.9 Å². The van der Waals surface area contributed by atoms with Crippen molar-refractivity contribution in [3.8, 4) is 0 Å². The van der Waals surface area contributed by atoms with Crippen molar-refractivity contribution in [3.63, 3.8) is 0 Å². The van der Waals surface area contributed by atoms with Crippen LogP contribution in [0.25, 0.3) is 0 Å². The second-order valence-corrected chi connectivity index (χ2v) is 5.89. The molecule has 0 saturated carbocycles. The van der Waals surface area contributed by atoms with Crippen LogP contribution in [0.3, 0.4) is 0 Å². The van der Waals surface area contributed by atoms with Gasteiger partial charge in [0.15, 0.2) is 0 Å². The third-order valence-electron chi connectivity index (χ3n) is 3.05. The molecule has 0 spiro atoms. The summed E-state index contributed by atoms with van der Waals surface area (Å²) in [5, 5.41) is 3.37. The first-order chi connectivity index (χ1) is 7.77. The summed E-state index contributed by atoms with van der Waals surface area (Å²) in [5.74, 6) is 1.38. The van der Waals surface area contributed by atoms with Gasteiger partial charge in [0.05, 0.1) is 6.33 Å². The van der Waals surface area contributed by atoms with Crippen LogP contribution in [0.15, 0.2) is 12.5 Å². The predicted molar refractivity (Wildman–Crippen MR) is 66.0 cm³/mol. The molecule has 0 aliphatic carbocycles. The van der Waals surface area contributed by atoms with E-state index >= 15 is 0 Å². The number of hydrogen-bond donors (Lipinski definition) is 1. The van der Waals surface area contributed by atoms with Gasteiger partial charge in [0.2, 0.25) is 0 Å². The van der Waals surface area contributed by atoms with Crippen molar-refractivity contribution >= 4 is 10.8 Å². The molecule has 90 valence electrons. The first-order valence-electron chi connectivity index (χ1n) is 5.78. The molecule has 1 fully saturated rings. The largest absolute Gasteiger partial charge is 0.334 e. The van der Waals surface area contributed by atoms with E-state index in [0.717, 1.165) is 31.8 Å². The van der Waals surface area contributed by atoms with E-state index in [1.165, 1.54) is 12.1 Å². The molecule has 0 amide bonds. The highest BCUT2D eigenvalue weighted by atomic mass is 32.2. The van der Waals surface area contributed by atoms with Crippen molar-refractivity contribution in [1.82, 2.24) is 14.9 Å². The van der Waals surface area contributed by atoms with Gasteiger partial charge >= 0.3 is 0 Å². The van der Waals surface area contributed by atoms with Crippen molar-refractivity contribution in [2.45, 2.75) is 25.3 Å². The Morgan fingerprint density at radius 3 is 3.25 bits per heavy atom. The lowest BCUT2D eigenvalue weighted by Gasteiger charge is -2.12. The molecule has 1 aliphatic heterocycles. The van der Waals surface area contributed by atoms with Crippen LogP contribution in [0.2, 0.25) is 0 Å². The fraction of sp³-hybridized carbons (Fsp3) is 0.727. The monoisotopic (exact) mass is 241 g/mol. The molecule has 1 aromatic rings. The summed E-state index contributed by atoms with van der Waals surface area (Å²) in [6.07, 6.45) is 7.79. The summed E-state index contributed by atoms with van der Waals surface area (Å²) in [6.45, 7) is 3.10. The molecule has 1 saturated heterocycles. The van der Waals surface area contributed by atoms with Crippen molar-refractivity contribution in [2.75, 3.05) is 25.1 Å². The Morgan fingerprint density at radius 1 is 1.69 bits per heavy atom. The lowest BCUT2D eigenvalue weighted by atomic mass is 10.1. The summed E-state index contributed by atoms with van der Waals surface area (Å²) in [4.78, 5) is 4.22. The predicted octanol–water partition coefficient (Wildman–Crippen LogP) is 0.729. The average molecular weight is 241 g/mol. The van der Waals surface area contributed by atoms with Gasteiger partial charge < -0.3 is 9.88 Å². The Balaban J connectivity index is 1.93. The number of nitrogens with zero attached hydrogens (tertiary/aromatic N) is 2. The fourth-order valence-electron chi connectivity index (χ4n) is 2.20. The summed E-state index contributed by atoms with van der Waals surface area (Å²) >= 11 is 0. The lowest BCUT2D eigenvalue weighted by molar-refractivity contribution is 0.602. The molecule has 2 atom stereocenters. The first kappa shape index (κ1) is 11.8. The number of imidazole rings is 1. The van der Waals surface area contributed by atoms with Crippen molar-refractivity contribution in [2.24, 2.45) is 0 Å². The second kappa shape index (κ2) is 5.59. The van der Waals surface area contributed by atoms with Crippen LogP contribution < -0.4 is 5.32 Å². The molecule has 16 heavy (non-hydrogen) atoms. The van der Waals surface area contributed by atoms with Crippen molar-refractivity contribution in [3.05, 3.63) is 18.2 Å². The van der Waals surface area contributed by atoms with E-state index in [4.69, 9.17) is 0 Å². The van der Waals surface area contributed by atoms with Gasteiger partial charge in [-0.05, 0) is 19.4 Å². The summed E-state index contributed by atoms with van der Waals surface area (Å²) < 4.78 is 13.2. The highest BCUT2D eigenvalue weighted by Gasteiger charge is 2.19. The highest BCUT2D eigenvalue weighted by Crippen LogP contribution is 2.21. The van der Waals surface area contributed by atoms with Crippen LogP contribution in [0.4, 0.5) is 0 Å². The molecule has 2 unspecified atom stereocenters.